The van der Waals surface area contributed by atoms with E-state index in [0.717, 1.165) is 24.8 Å². The maximum Gasteiger partial charge on any atom is 0.258 e. The van der Waals surface area contributed by atoms with Crippen LogP contribution in [0.25, 0.3) is 11.5 Å². The highest BCUT2D eigenvalue weighted by Gasteiger charge is 2.46. The Hall–Kier alpha value is -3.29. The summed E-state index contributed by atoms with van der Waals surface area (Å²) in [6.45, 7) is 1.30. The van der Waals surface area contributed by atoms with Crippen molar-refractivity contribution in [2.75, 3.05) is 20.2 Å². The van der Waals surface area contributed by atoms with Crippen molar-refractivity contribution in [1.29, 1.82) is 0 Å². The maximum absolute atomic E-state index is 13.2. The number of piperidine rings is 1. The number of carbonyl (C=O) groups is 1. The van der Waals surface area contributed by atoms with E-state index in [0.29, 0.717) is 42.2 Å². The lowest BCUT2D eigenvalue weighted by Gasteiger charge is -2.41. The van der Waals surface area contributed by atoms with E-state index in [-0.39, 0.29) is 11.3 Å². The van der Waals surface area contributed by atoms with Crippen LogP contribution in [-0.2, 0) is 5.41 Å². The van der Waals surface area contributed by atoms with Gasteiger partial charge in [-0.1, -0.05) is 18.0 Å². The number of amides is 1. The fraction of sp³-hybridized carbons (Fsp3) is 0.435. The van der Waals surface area contributed by atoms with Crippen LogP contribution in [-0.4, -0.2) is 51.1 Å². The van der Waals surface area contributed by atoms with Gasteiger partial charge >= 0.3 is 0 Å². The summed E-state index contributed by atoms with van der Waals surface area (Å²) in [5.41, 5.74) is 1.13. The number of hydrogen-bond acceptors (Lipinski definition) is 7. The van der Waals surface area contributed by atoms with Crippen molar-refractivity contribution in [2.24, 2.45) is 5.92 Å². The Labute approximate surface area is 180 Å². The van der Waals surface area contributed by atoms with Crippen molar-refractivity contribution >= 4 is 5.91 Å². The number of hydrogen-bond donors (Lipinski definition) is 0. The Balaban J connectivity index is 1.42. The first-order chi connectivity index (χ1) is 15.2. The summed E-state index contributed by atoms with van der Waals surface area (Å²) < 4.78 is 10.7. The van der Waals surface area contributed by atoms with Crippen molar-refractivity contribution in [2.45, 2.75) is 37.5 Å². The van der Waals surface area contributed by atoms with Gasteiger partial charge in [0.25, 0.3) is 11.8 Å². The minimum absolute atomic E-state index is 0.0205. The van der Waals surface area contributed by atoms with Gasteiger partial charge in [0.1, 0.15) is 0 Å². The van der Waals surface area contributed by atoms with Crippen LogP contribution >= 0.6 is 0 Å². The first-order valence-electron chi connectivity index (χ1n) is 10.7. The zero-order chi connectivity index (χ0) is 21.3. The smallest absolute Gasteiger partial charge is 0.258 e. The number of likely N-dealkylation sites (tertiary alicyclic amines) is 1. The summed E-state index contributed by atoms with van der Waals surface area (Å²) in [6, 6.07) is 7.20. The van der Waals surface area contributed by atoms with Crippen LogP contribution < -0.4 is 4.74 Å². The SMILES string of the molecule is COc1ccc(C(=O)N2CCCC(CC3CC3)(c3noc(-c4ccncc4)n3)C2)cn1. The molecule has 0 radical (unpaired) electrons. The fourth-order valence-corrected chi connectivity index (χ4v) is 4.48. The molecule has 0 aromatic carbocycles. The number of carbonyl (C=O) groups excluding carboxylic acids is 1. The molecule has 5 rings (SSSR count). The van der Waals surface area contributed by atoms with E-state index in [1.54, 1.807) is 37.8 Å². The topological polar surface area (TPSA) is 94.2 Å². The van der Waals surface area contributed by atoms with E-state index >= 15 is 0 Å². The van der Waals surface area contributed by atoms with Crippen LogP contribution in [0.4, 0.5) is 0 Å². The van der Waals surface area contributed by atoms with Crippen molar-refractivity contribution in [3.8, 4) is 17.3 Å². The molecule has 1 aliphatic heterocycles. The number of ether oxygens (including phenoxy) is 1. The van der Waals surface area contributed by atoms with E-state index in [2.05, 4.69) is 15.1 Å². The Kier molecular flexibility index (Phi) is 5.13. The molecule has 160 valence electrons. The molecule has 2 aliphatic rings. The van der Waals surface area contributed by atoms with Crippen LogP contribution in [0, 0.1) is 5.92 Å². The molecule has 4 heterocycles. The van der Waals surface area contributed by atoms with Crippen LogP contribution in [0.5, 0.6) is 5.88 Å². The van der Waals surface area contributed by atoms with Gasteiger partial charge in [-0.3, -0.25) is 9.78 Å². The quantitative estimate of drug-likeness (QED) is 0.603. The van der Waals surface area contributed by atoms with Crippen LogP contribution in [0.1, 0.15) is 48.3 Å². The summed E-state index contributed by atoms with van der Waals surface area (Å²) in [5, 5.41) is 4.39. The molecule has 3 aromatic rings. The second kappa shape index (κ2) is 8.09. The van der Waals surface area contributed by atoms with Crippen molar-refractivity contribution < 1.29 is 14.1 Å². The Morgan fingerprint density at radius 1 is 1.26 bits per heavy atom. The van der Waals surface area contributed by atoms with Crippen molar-refractivity contribution in [3.63, 3.8) is 0 Å². The van der Waals surface area contributed by atoms with Gasteiger partial charge in [0.05, 0.1) is 18.1 Å². The van der Waals surface area contributed by atoms with Crippen LogP contribution in [0.3, 0.4) is 0 Å². The molecule has 0 N–H and O–H groups in total. The van der Waals surface area contributed by atoms with E-state index < -0.39 is 0 Å². The highest BCUT2D eigenvalue weighted by atomic mass is 16.5. The molecule has 8 nitrogen and oxygen atoms in total. The Bertz CT molecular complexity index is 1050. The molecule has 31 heavy (non-hydrogen) atoms. The molecule has 0 bridgehead atoms. The van der Waals surface area contributed by atoms with Gasteiger partial charge in [-0.25, -0.2) is 4.98 Å². The van der Waals surface area contributed by atoms with E-state index in [4.69, 9.17) is 14.2 Å². The third kappa shape index (κ3) is 4.02. The molecular weight excluding hydrogens is 394 g/mol. The number of methoxy groups -OCH3 is 1. The molecular formula is C23H25N5O3. The van der Waals surface area contributed by atoms with E-state index in [9.17, 15) is 4.79 Å². The highest BCUT2D eigenvalue weighted by molar-refractivity contribution is 5.94. The lowest BCUT2D eigenvalue weighted by molar-refractivity contribution is 0.0606. The molecule has 1 atom stereocenters. The molecule has 1 amide bonds. The third-order valence-electron chi connectivity index (χ3n) is 6.26. The molecule has 2 fully saturated rings. The van der Waals surface area contributed by atoms with Gasteiger partial charge in [-0.2, -0.15) is 4.98 Å². The predicted octanol–water partition coefficient (Wildman–Crippen LogP) is 3.51. The molecule has 1 aliphatic carbocycles. The monoisotopic (exact) mass is 419 g/mol. The highest BCUT2D eigenvalue weighted by Crippen LogP contribution is 2.46. The standard InChI is InChI=1S/C23H25N5O3/c1-30-19-6-5-18(14-25-19)21(29)28-12-2-9-23(15-28,13-16-3-4-16)22-26-20(31-27-22)17-7-10-24-11-8-17/h5-8,10-11,14,16H,2-4,9,12-13,15H2,1H3. The predicted molar refractivity (Wildman–Crippen MR) is 112 cm³/mol. The average molecular weight is 419 g/mol. The Morgan fingerprint density at radius 2 is 2.10 bits per heavy atom. The summed E-state index contributed by atoms with van der Waals surface area (Å²) in [7, 11) is 1.56. The average Bonchev–Trinajstić information content (AvgIpc) is 3.49. The van der Waals surface area contributed by atoms with Gasteiger partial charge in [-0.15, -0.1) is 0 Å². The van der Waals surface area contributed by atoms with Gasteiger partial charge in [0, 0.05) is 43.3 Å². The number of aromatic nitrogens is 4. The van der Waals surface area contributed by atoms with Gasteiger partial charge in [0.2, 0.25) is 5.88 Å². The molecule has 3 aromatic heterocycles. The fourth-order valence-electron chi connectivity index (χ4n) is 4.48. The first kappa shape index (κ1) is 19.7. The molecule has 1 saturated carbocycles. The van der Waals surface area contributed by atoms with E-state index in [1.165, 1.54) is 12.8 Å². The van der Waals surface area contributed by atoms with Crippen LogP contribution in [0.15, 0.2) is 47.4 Å². The summed E-state index contributed by atoms with van der Waals surface area (Å²) in [6.07, 6.45) is 10.3. The number of rotatable bonds is 6. The lowest BCUT2D eigenvalue weighted by atomic mass is 9.74. The second-order valence-electron chi connectivity index (χ2n) is 8.51. The van der Waals surface area contributed by atoms with Crippen LogP contribution in [0.2, 0.25) is 0 Å². The third-order valence-corrected chi connectivity index (χ3v) is 6.26. The second-order valence-corrected chi connectivity index (χ2v) is 8.51. The minimum Gasteiger partial charge on any atom is -0.481 e. The summed E-state index contributed by atoms with van der Waals surface area (Å²) >= 11 is 0. The van der Waals surface area contributed by atoms with Crippen molar-refractivity contribution in [1.82, 2.24) is 25.0 Å². The normalized spacial score (nSPS) is 21.1. The number of pyridine rings is 2. The maximum atomic E-state index is 13.2. The number of nitrogens with zero attached hydrogens (tertiary/aromatic N) is 5. The van der Waals surface area contributed by atoms with Crippen molar-refractivity contribution in [3.05, 3.63) is 54.2 Å². The van der Waals surface area contributed by atoms with Gasteiger partial charge in [-0.05, 0) is 43.4 Å². The Morgan fingerprint density at radius 3 is 2.81 bits per heavy atom. The van der Waals surface area contributed by atoms with Gasteiger partial charge in [0.15, 0.2) is 5.82 Å². The first-order valence-corrected chi connectivity index (χ1v) is 10.7. The molecule has 1 unspecified atom stereocenters. The lowest BCUT2D eigenvalue weighted by Crippen LogP contribution is -2.49. The summed E-state index contributed by atoms with van der Waals surface area (Å²) in [5.74, 6) is 2.34. The molecule has 0 spiro atoms. The zero-order valence-electron chi connectivity index (χ0n) is 17.5. The zero-order valence-corrected chi connectivity index (χ0v) is 17.5. The summed E-state index contributed by atoms with van der Waals surface area (Å²) in [4.78, 5) is 28.1. The molecule has 1 saturated heterocycles. The van der Waals surface area contributed by atoms with Gasteiger partial charge < -0.3 is 14.2 Å². The van der Waals surface area contributed by atoms with E-state index in [1.807, 2.05) is 17.0 Å². The minimum atomic E-state index is -0.288. The largest absolute Gasteiger partial charge is 0.481 e. The molecule has 8 heteroatoms.